The summed E-state index contributed by atoms with van der Waals surface area (Å²) in [5.74, 6) is -3.40. The predicted molar refractivity (Wildman–Crippen MR) is 236 cm³/mol. The third-order valence-corrected chi connectivity index (χ3v) is 14.0. The lowest BCUT2D eigenvalue weighted by molar-refractivity contribution is -0.318. The normalized spacial score (nSPS) is 42.4. The Morgan fingerprint density at radius 1 is 1.00 bits per heavy atom. The lowest BCUT2D eigenvalue weighted by atomic mass is 9.77. The second-order valence-electron chi connectivity index (χ2n) is 19.4. The van der Waals surface area contributed by atoms with E-state index in [9.17, 15) is 43.5 Å². The van der Waals surface area contributed by atoms with Crippen molar-refractivity contribution in [1.29, 1.82) is 0 Å². The fourth-order valence-electron chi connectivity index (χ4n) is 9.75. The highest BCUT2D eigenvalue weighted by atomic mass is 32.1. The number of carbonyl (C=O) groups excluding carboxylic acids is 1. The van der Waals surface area contributed by atoms with Gasteiger partial charge in [-0.2, -0.15) is 13.2 Å². The molecule has 6 N–H and O–H groups in total. The van der Waals surface area contributed by atoms with Gasteiger partial charge in [0.05, 0.1) is 53.1 Å². The third kappa shape index (κ3) is 12.4. The molecule has 15 nitrogen and oxygen atoms in total. The molecule has 3 aliphatic rings. The highest BCUT2D eigenvalue weighted by molar-refractivity contribution is 7.80. The molecule has 0 unspecified atom stereocenters. The maximum absolute atomic E-state index is 14.5. The van der Waals surface area contributed by atoms with Crippen LogP contribution in [0.1, 0.15) is 100 Å². The molecule has 0 aromatic heterocycles. The number of methoxy groups -OCH3 is 1. The van der Waals surface area contributed by atoms with E-state index in [0.29, 0.717) is 6.42 Å². The van der Waals surface area contributed by atoms with Crippen molar-refractivity contribution in [2.75, 3.05) is 33.1 Å². The molecule has 3 fully saturated rings. The van der Waals surface area contributed by atoms with Crippen LogP contribution in [-0.2, 0) is 39.4 Å². The average molecular weight is 938 g/mol. The van der Waals surface area contributed by atoms with E-state index in [1.54, 1.807) is 48.5 Å². The molecule has 1 aromatic rings. The van der Waals surface area contributed by atoms with Crippen LogP contribution in [0.3, 0.4) is 0 Å². The van der Waals surface area contributed by atoms with E-state index in [2.05, 4.69) is 5.32 Å². The zero-order valence-electron chi connectivity index (χ0n) is 39.5. The van der Waals surface area contributed by atoms with Crippen LogP contribution < -0.4 is 5.32 Å². The Bertz CT molecular complexity index is 1710. The molecule has 0 radical (unpaired) electrons. The summed E-state index contributed by atoms with van der Waals surface area (Å²) in [6, 6.07) is 3.06. The number of aliphatic hydroxyl groups excluding tert-OH is 3. The maximum Gasteiger partial charge on any atom is 0.416 e. The minimum atomic E-state index is -4.63. The summed E-state index contributed by atoms with van der Waals surface area (Å²) in [6.45, 7) is 16.5. The Morgan fingerprint density at radius 2 is 1.64 bits per heavy atom. The number of carbonyl (C=O) groups is 1. The van der Waals surface area contributed by atoms with E-state index in [0.717, 1.165) is 12.1 Å². The summed E-state index contributed by atoms with van der Waals surface area (Å²) in [4.78, 5) is 17.9. The highest BCUT2D eigenvalue weighted by Gasteiger charge is 2.53. The molecule has 19 heteroatoms. The highest BCUT2D eigenvalue weighted by Crippen LogP contribution is 2.41. The van der Waals surface area contributed by atoms with Crippen molar-refractivity contribution in [3.05, 3.63) is 29.8 Å². The van der Waals surface area contributed by atoms with Crippen LogP contribution >= 0.6 is 12.2 Å². The number of cyclic esters (lactones) is 1. The summed E-state index contributed by atoms with van der Waals surface area (Å²) in [5, 5.41) is 62.4. The average Bonchev–Trinajstić information content (AvgIpc) is 3.20. The first-order valence-corrected chi connectivity index (χ1v) is 22.7. The van der Waals surface area contributed by atoms with Gasteiger partial charge in [-0.15, -0.1) is 0 Å². The number of anilines is 1. The molecule has 0 bridgehead atoms. The minimum Gasteiger partial charge on any atom is -0.459 e. The number of likely N-dealkylation sites (N-methyl/N-ethyl adjacent to an activating group) is 1. The van der Waals surface area contributed by atoms with Crippen molar-refractivity contribution in [3.63, 3.8) is 0 Å². The molecule has 0 amide bonds. The maximum atomic E-state index is 14.5. The molecule has 0 spiro atoms. The standard InChI is InChI=1S/C45H74F3N3O12S/c1-14-32-44(10,57)36(53)27(6)51(41(64)49-30-17-15-16-29(19-30)45(46,47)48)22-23(2)20-42(8,56)38(63-40-34(52)31(50(11)12)18-24(3)59-40)25(4)35(26(5)39(55)61-32)62-33-21-43(9,58-13)37(54)28(7)60-33/h15-17,19,23-28,31-38,40,52-54,56-57H,14,18,20-22H2,1-13H3,(H,49,64)/t23-,24-,25+,26-,27-,28+,31-,32-,33+,34-,35+,36-,37+,38-,40+,42-,43-,44-/m1/s1. The number of aliphatic hydroxyl groups is 5. The van der Waals surface area contributed by atoms with Gasteiger partial charge in [0.15, 0.2) is 17.7 Å². The smallest absolute Gasteiger partial charge is 0.416 e. The van der Waals surface area contributed by atoms with Gasteiger partial charge < -0.3 is 69.1 Å². The largest absolute Gasteiger partial charge is 0.459 e. The zero-order chi connectivity index (χ0) is 48.4. The van der Waals surface area contributed by atoms with Gasteiger partial charge in [0.2, 0.25) is 0 Å². The van der Waals surface area contributed by atoms with E-state index in [1.165, 1.54) is 31.1 Å². The first kappa shape index (κ1) is 54.3. The van der Waals surface area contributed by atoms with Crippen LogP contribution in [0.4, 0.5) is 18.9 Å². The number of rotatable bonds is 8. The fourth-order valence-corrected chi connectivity index (χ4v) is 10.1. The van der Waals surface area contributed by atoms with Crippen molar-refractivity contribution in [2.45, 2.75) is 191 Å². The molecule has 4 rings (SSSR count). The number of nitrogens with zero attached hydrogens (tertiary/aromatic N) is 2. The number of hydrogen-bond donors (Lipinski definition) is 6. The summed E-state index contributed by atoms with van der Waals surface area (Å²) < 4.78 is 78.8. The number of alkyl halides is 3. The summed E-state index contributed by atoms with van der Waals surface area (Å²) in [6.07, 6.45) is -15.0. The molecule has 3 aliphatic heterocycles. The van der Waals surface area contributed by atoms with Gasteiger partial charge in [0.25, 0.3) is 0 Å². The van der Waals surface area contributed by atoms with Gasteiger partial charge in [0.1, 0.15) is 30.0 Å². The van der Waals surface area contributed by atoms with Crippen LogP contribution in [0.2, 0.25) is 0 Å². The van der Waals surface area contributed by atoms with Gasteiger partial charge >= 0.3 is 12.1 Å². The number of ether oxygens (including phenoxy) is 6. The van der Waals surface area contributed by atoms with E-state index >= 15 is 0 Å². The fraction of sp³-hybridized carbons (Fsp3) is 0.822. The number of esters is 1. The lowest BCUT2D eigenvalue weighted by Crippen LogP contribution is -2.61. The van der Waals surface area contributed by atoms with Gasteiger partial charge in [-0.3, -0.25) is 4.79 Å². The Morgan fingerprint density at radius 3 is 2.22 bits per heavy atom. The second-order valence-corrected chi connectivity index (χ2v) is 19.8. The number of thiocarbonyl (C=S) groups is 1. The van der Waals surface area contributed by atoms with Crippen molar-refractivity contribution in [3.8, 4) is 0 Å². The molecule has 0 aliphatic carbocycles. The molecular weight excluding hydrogens is 864 g/mol. The first-order chi connectivity index (χ1) is 29.5. The van der Waals surface area contributed by atoms with Gasteiger partial charge in [0, 0.05) is 37.7 Å². The van der Waals surface area contributed by atoms with Crippen LogP contribution in [0, 0.1) is 17.8 Å². The molecule has 1 aromatic carbocycles. The molecule has 64 heavy (non-hydrogen) atoms. The molecule has 3 saturated heterocycles. The van der Waals surface area contributed by atoms with Crippen molar-refractivity contribution >= 4 is 29.0 Å². The number of hydrogen-bond acceptors (Lipinski definition) is 14. The molecule has 3 heterocycles. The van der Waals surface area contributed by atoms with Gasteiger partial charge in [-0.1, -0.05) is 26.8 Å². The Labute approximate surface area is 381 Å². The third-order valence-electron chi connectivity index (χ3n) is 13.6. The first-order valence-electron chi connectivity index (χ1n) is 22.3. The Balaban J connectivity index is 1.86. The van der Waals surface area contributed by atoms with Crippen LogP contribution in [0.25, 0.3) is 0 Å². The predicted octanol–water partition coefficient (Wildman–Crippen LogP) is 4.69. The Hall–Kier alpha value is -2.27. The van der Waals surface area contributed by atoms with Crippen LogP contribution in [-0.4, -0.2) is 164 Å². The topological polar surface area (TPSA) is 192 Å². The van der Waals surface area contributed by atoms with E-state index in [1.807, 2.05) is 32.8 Å². The molecule has 368 valence electrons. The molecular formula is C45H74F3N3O12S. The lowest BCUT2D eigenvalue weighted by Gasteiger charge is -2.49. The van der Waals surface area contributed by atoms with E-state index in [4.69, 9.17) is 40.6 Å². The van der Waals surface area contributed by atoms with Crippen molar-refractivity contribution in [1.82, 2.24) is 9.80 Å². The number of nitrogens with one attached hydrogen (secondary N) is 1. The minimum absolute atomic E-state index is 0.00269. The number of halogens is 3. The summed E-state index contributed by atoms with van der Waals surface area (Å²) in [7, 11) is 5.13. The second kappa shape index (κ2) is 21.4. The van der Waals surface area contributed by atoms with Crippen molar-refractivity contribution in [2.24, 2.45) is 17.8 Å². The number of benzene rings is 1. The SMILES string of the molecule is CC[C@H]1OC(=O)[C@H](C)[C@@H](O[C@H]2C[C@@](C)(OC)[C@@H](O)[C@H](C)O2)[C@H](C)[C@@H](O[C@@H]2O[C@H](C)C[C@@H](N(C)C)[C@H]2O)[C@](C)(O)C[C@@H](C)CN(C(=S)Nc2cccc(C(F)(F)F)c2)[C@H](C)[C@@H](O)[C@]1(C)O. The zero-order valence-corrected chi connectivity index (χ0v) is 40.4. The van der Waals surface area contributed by atoms with Crippen molar-refractivity contribution < 1.29 is 71.9 Å². The quantitative estimate of drug-likeness (QED) is 0.155. The van der Waals surface area contributed by atoms with E-state index in [-0.39, 0.29) is 48.8 Å². The van der Waals surface area contributed by atoms with E-state index < -0.39 is 114 Å². The molecule has 18 atom stereocenters. The van der Waals surface area contributed by atoms with Gasteiger partial charge in [-0.25, -0.2) is 0 Å². The summed E-state index contributed by atoms with van der Waals surface area (Å²) >= 11 is 5.82. The van der Waals surface area contributed by atoms with Crippen LogP contribution in [0.15, 0.2) is 24.3 Å². The van der Waals surface area contributed by atoms with Gasteiger partial charge in [-0.05, 0) is 118 Å². The Kier molecular flexibility index (Phi) is 18.1. The van der Waals surface area contributed by atoms with Crippen LogP contribution in [0.5, 0.6) is 0 Å². The monoisotopic (exact) mass is 937 g/mol. The molecule has 0 saturated carbocycles. The summed E-state index contributed by atoms with van der Waals surface area (Å²) in [5.41, 5.74) is -5.90.